The highest BCUT2D eigenvalue weighted by molar-refractivity contribution is 7.91. The van der Waals surface area contributed by atoms with Gasteiger partial charge in [-0.25, -0.2) is 4.79 Å². The van der Waals surface area contributed by atoms with E-state index in [-0.39, 0.29) is 6.61 Å². The van der Waals surface area contributed by atoms with Crippen LogP contribution in [0.5, 0.6) is 0 Å². The van der Waals surface area contributed by atoms with Crippen molar-refractivity contribution >= 4 is 17.5 Å². The summed E-state index contributed by atoms with van der Waals surface area (Å²) in [5.41, 5.74) is -0.234. The van der Waals surface area contributed by atoms with E-state index >= 15 is 0 Å². The minimum absolute atomic E-state index is 0.124. The molecular formula is C14H19NO4S. The van der Waals surface area contributed by atoms with Gasteiger partial charge in [-0.05, 0) is 19.4 Å². The maximum absolute atomic E-state index is 12.1. The lowest BCUT2D eigenvalue weighted by Gasteiger charge is -2.29. The first-order valence-electron chi connectivity index (χ1n) is 6.47. The minimum Gasteiger partial charge on any atom is -0.592 e. The zero-order valence-corrected chi connectivity index (χ0v) is 12.4. The average Bonchev–Trinajstić information content (AvgIpc) is 3.18. The molecule has 5 nitrogen and oxygen atoms in total. The van der Waals surface area contributed by atoms with Gasteiger partial charge in [0, 0.05) is 12.8 Å². The predicted octanol–water partition coefficient (Wildman–Crippen LogP) is 1.88. The SMILES string of the molecule is CC(C)(O)C1([S+]([O-])NC(=O)OCc2ccccc2)CC1. The molecule has 2 N–H and O–H groups in total. The number of rotatable bonds is 5. The number of ether oxygens (including phenoxy) is 1. The third-order valence-corrected chi connectivity index (χ3v) is 5.53. The van der Waals surface area contributed by atoms with Gasteiger partial charge in [0.05, 0.1) is 11.4 Å². The Morgan fingerprint density at radius 3 is 2.55 bits per heavy atom. The molecule has 1 aromatic carbocycles. The van der Waals surface area contributed by atoms with Crippen LogP contribution in [0.3, 0.4) is 0 Å². The number of hydrogen-bond acceptors (Lipinski definition) is 4. The molecular weight excluding hydrogens is 278 g/mol. The summed E-state index contributed by atoms with van der Waals surface area (Å²) in [4.78, 5) is 11.6. The normalized spacial score (nSPS) is 18.2. The molecule has 0 aliphatic heterocycles. The van der Waals surface area contributed by atoms with Gasteiger partial charge < -0.3 is 14.4 Å². The summed E-state index contributed by atoms with van der Waals surface area (Å²) in [7, 11) is 0. The van der Waals surface area contributed by atoms with E-state index in [4.69, 9.17) is 4.74 Å². The average molecular weight is 297 g/mol. The first-order valence-corrected chi connectivity index (χ1v) is 7.62. The summed E-state index contributed by atoms with van der Waals surface area (Å²) >= 11 is -1.65. The van der Waals surface area contributed by atoms with E-state index in [9.17, 15) is 14.5 Å². The molecule has 0 saturated heterocycles. The number of amides is 1. The van der Waals surface area contributed by atoms with E-state index in [0.29, 0.717) is 12.8 Å². The van der Waals surface area contributed by atoms with Gasteiger partial charge in [-0.15, -0.1) is 4.72 Å². The number of carbonyl (C=O) groups is 1. The molecule has 1 unspecified atom stereocenters. The van der Waals surface area contributed by atoms with Crippen molar-refractivity contribution in [2.75, 3.05) is 0 Å². The van der Waals surface area contributed by atoms with Gasteiger partial charge in [0.15, 0.2) is 4.75 Å². The summed E-state index contributed by atoms with van der Waals surface area (Å²) in [5, 5.41) is 10.0. The molecule has 1 atom stereocenters. The summed E-state index contributed by atoms with van der Waals surface area (Å²) in [6.07, 6.45) is 0.521. The molecule has 1 saturated carbocycles. The number of nitrogens with one attached hydrogen (secondary N) is 1. The lowest BCUT2D eigenvalue weighted by Crippen LogP contribution is -2.51. The first kappa shape index (κ1) is 15.2. The van der Waals surface area contributed by atoms with Gasteiger partial charge in [0.2, 0.25) is 0 Å². The Bertz CT molecular complexity index is 468. The van der Waals surface area contributed by atoms with Crippen molar-refractivity contribution in [2.24, 2.45) is 0 Å². The number of carbonyl (C=O) groups excluding carboxylic acids is 1. The van der Waals surface area contributed by atoms with Crippen LogP contribution < -0.4 is 4.72 Å². The predicted molar refractivity (Wildman–Crippen MR) is 76.2 cm³/mol. The second-order valence-electron chi connectivity index (χ2n) is 5.49. The van der Waals surface area contributed by atoms with Gasteiger partial charge >= 0.3 is 6.09 Å². The molecule has 1 amide bonds. The lowest BCUT2D eigenvalue weighted by molar-refractivity contribution is 0.0662. The summed E-state index contributed by atoms with van der Waals surface area (Å²) in [5.74, 6) is 0. The van der Waals surface area contributed by atoms with E-state index in [1.165, 1.54) is 0 Å². The van der Waals surface area contributed by atoms with E-state index < -0.39 is 27.8 Å². The Hall–Kier alpha value is -1.24. The number of hydrogen-bond donors (Lipinski definition) is 2. The Balaban J connectivity index is 1.83. The van der Waals surface area contributed by atoms with Crippen molar-refractivity contribution in [1.82, 2.24) is 4.72 Å². The van der Waals surface area contributed by atoms with Gasteiger partial charge in [-0.1, -0.05) is 30.3 Å². The van der Waals surface area contributed by atoms with Gasteiger partial charge in [0.1, 0.15) is 12.2 Å². The quantitative estimate of drug-likeness (QED) is 0.813. The Morgan fingerprint density at radius 2 is 2.05 bits per heavy atom. The van der Waals surface area contributed by atoms with E-state index in [1.807, 2.05) is 30.3 Å². The molecule has 0 aromatic heterocycles. The fourth-order valence-electron chi connectivity index (χ4n) is 2.06. The van der Waals surface area contributed by atoms with Crippen molar-refractivity contribution in [2.45, 2.75) is 43.6 Å². The van der Waals surface area contributed by atoms with Crippen molar-refractivity contribution in [3.63, 3.8) is 0 Å². The van der Waals surface area contributed by atoms with Crippen LogP contribution in [0, 0.1) is 0 Å². The monoisotopic (exact) mass is 297 g/mol. The highest BCUT2D eigenvalue weighted by Gasteiger charge is 2.65. The van der Waals surface area contributed by atoms with Crippen LogP contribution in [0.25, 0.3) is 0 Å². The maximum atomic E-state index is 12.1. The van der Waals surface area contributed by atoms with Gasteiger partial charge in [-0.3, -0.25) is 0 Å². The molecule has 0 heterocycles. The summed E-state index contributed by atoms with van der Waals surface area (Å²) in [6, 6.07) is 9.25. The lowest BCUT2D eigenvalue weighted by atomic mass is 10.0. The second kappa shape index (κ2) is 5.63. The Kier molecular flexibility index (Phi) is 4.27. The van der Waals surface area contributed by atoms with Crippen molar-refractivity contribution in [3.8, 4) is 0 Å². The molecule has 1 aromatic rings. The molecule has 6 heteroatoms. The molecule has 1 aliphatic rings. The van der Waals surface area contributed by atoms with Crippen molar-refractivity contribution < 1.29 is 19.2 Å². The zero-order valence-electron chi connectivity index (χ0n) is 11.6. The standard InChI is InChI=1S/C14H19NO4S/c1-13(2,17)14(8-9-14)20(18)15-12(16)19-10-11-6-4-3-5-7-11/h3-7,17H,8-10H2,1-2H3,(H,15,16). The maximum Gasteiger partial charge on any atom is 0.449 e. The van der Waals surface area contributed by atoms with Crippen LogP contribution >= 0.6 is 0 Å². The van der Waals surface area contributed by atoms with Crippen LogP contribution in [0.4, 0.5) is 4.79 Å². The Morgan fingerprint density at radius 1 is 1.45 bits per heavy atom. The van der Waals surface area contributed by atoms with Crippen molar-refractivity contribution in [3.05, 3.63) is 35.9 Å². The van der Waals surface area contributed by atoms with Gasteiger partial charge in [-0.2, -0.15) is 0 Å². The van der Waals surface area contributed by atoms with Crippen LogP contribution in [0.2, 0.25) is 0 Å². The molecule has 0 spiro atoms. The topological polar surface area (TPSA) is 81.6 Å². The Labute approximate surface area is 121 Å². The molecule has 2 rings (SSSR count). The van der Waals surface area contributed by atoms with Gasteiger partial charge in [0.25, 0.3) is 0 Å². The van der Waals surface area contributed by atoms with Crippen LogP contribution in [0.15, 0.2) is 30.3 Å². The summed E-state index contributed by atoms with van der Waals surface area (Å²) in [6.45, 7) is 3.34. The minimum atomic E-state index is -1.65. The molecule has 0 radical (unpaired) electrons. The fraction of sp³-hybridized carbons (Fsp3) is 0.500. The van der Waals surface area contributed by atoms with Crippen LogP contribution in [-0.4, -0.2) is 26.1 Å². The molecule has 20 heavy (non-hydrogen) atoms. The molecule has 0 bridgehead atoms. The van der Waals surface area contributed by atoms with E-state index in [2.05, 4.69) is 4.72 Å². The van der Waals surface area contributed by atoms with E-state index in [0.717, 1.165) is 5.56 Å². The molecule has 1 aliphatic carbocycles. The largest absolute Gasteiger partial charge is 0.592 e. The van der Waals surface area contributed by atoms with Crippen molar-refractivity contribution in [1.29, 1.82) is 0 Å². The fourth-order valence-corrected chi connectivity index (χ4v) is 3.40. The third-order valence-electron chi connectivity index (χ3n) is 3.56. The zero-order chi connectivity index (χ0) is 14.8. The molecule has 1 fully saturated rings. The third kappa shape index (κ3) is 3.26. The highest BCUT2D eigenvalue weighted by Crippen LogP contribution is 2.50. The van der Waals surface area contributed by atoms with E-state index in [1.54, 1.807) is 13.8 Å². The smallest absolute Gasteiger partial charge is 0.449 e. The highest BCUT2D eigenvalue weighted by atomic mass is 32.2. The number of aliphatic hydroxyl groups is 1. The molecule has 110 valence electrons. The first-order chi connectivity index (χ1) is 9.35. The second-order valence-corrected chi connectivity index (χ2v) is 7.01. The number of benzene rings is 1. The van der Waals surface area contributed by atoms with Crippen LogP contribution in [0.1, 0.15) is 32.3 Å². The van der Waals surface area contributed by atoms with Crippen LogP contribution in [-0.2, 0) is 22.7 Å². The summed E-state index contributed by atoms with van der Waals surface area (Å²) < 4.78 is 18.7.